The van der Waals surface area contributed by atoms with E-state index in [0.29, 0.717) is 16.8 Å². The SMILES string of the molecule is O=C(Cn1c(C(F)(F)F)nc2ccccc21)Nc1ncc(C(F)(F)F)cc1Cl. The van der Waals surface area contributed by atoms with Crippen molar-refractivity contribution in [3.63, 3.8) is 0 Å². The molecular weight excluding hydrogens is 414 g/mol. The van der Waals surface area contributed by atoms with E-state index in [9.17, 15) is 31.1 Å². The lowest BCUT2D eigenvalue weighted by molar-refractivity contribution is -0.147. The minimum atomic E-state index is -4.82. The van der Waals surface area contributed by atoms with Gasteiger partial charge in [-0.15, -0.1) is 0 Å². The predicted octanol–water partition coefficient (Wildman–Crippen LogP) is 4.76. The summed E-state index contributed by atoms with van der Waals surface area (Å²) in [4.78, 5) is 19.1. The Hall–Kier alpha value is -2.82. The zero-order chi connectivity index (χ0) is 20.7. The summed E-state index contributed by atoms with van der Waals surface area (Å²) in [6.07, 6.45) is -9.05. The standard InChI is InChI=1S/C16H9ClF6N4O/c17-9-5-8(15(18,19)20)6-24-13(9)26-12(28)7-27-11-4-2-1-3-10(11)25-14(27)16(21,22)23/h1-6H,7H2,(H,24,26,28). The molecule has 0 saturated carbocycles. The third-order valence-corrected chi connectivity index (χ3v) is 3.92. The summed E-state index contributed by atoms with van der Waals surface area (Å²) in [7, 11) is 0. The van der Waals surface area contributed by atoms with Crippen LogP contribution in [0.15, 0.2) is 36.5 Å². The lowest BCUT2D eigenvalue weighted by atomic mass is 10.3. The average molecular weight is 423 g/mol. The average Bonchev–Trinajstić information content (AvgIpc) is 2.95. The number of carbonyl (C=O) groups is 1. The Labute approximate surface area is 157 Å². The molecule has 0 unspecified atom stereocenters. The quantitative estimate of drug-likeness (QED) is 0.619. The topological polar surface area (TPSA) is 59.8 Å². The first-order valence-corrected chi connectivity index (χ1v) is 7.89. The fraction of sp³-hybridized carbons (Fsp3) is 0.188. The summed E-state index contributed by atoms with van der Waals surface area (Å²) in [5, 5.41) is 1.60. The second kappa shape index (κ2) is 6.97. The van der Waals surface area contributed by atoms with Gasteiger partial charge in [-0.05, 0) is 18.2 Å². The molecule has 2 heterocycles. The van der Waals surface area contributed by atoms with Crippen molar-refractivity contribution in [1.29, 1.82) is 0 Å². The van der Waals surface area contributed by atoms with E-state index in [1.165, 1.54) is 24.3 Å². The molecule has 0 aliphatic heterocycles. The Balaban J connectivity index is 1.88. The van der Waals surface area contributed by atoms with E-state index in [1.54, 1.807) is 0 Å². The zero-order valence-corrected chi connectivity index (χ0v) is 14.3. The van der Waals surface area contributed by atoms with Gasteiger partial charge >= 0.3 is 12.4 Å². The Morgan fingerprint density at radius 3 is 2.39 bits per heavy atom. The van der Waals surface area contributed by atoms with Crippen LogP contribution in [0.3, 0.4) is 0 Å². The highest BCUT2D eigenvalue weighted by atomic mass is 35.5. The van der Waals surface area contributed by atoms with E-state index in [0.717, 1.165) is 0 Å². The first-order chi connectivity index (χ1) is 13.0. The summed E-state index contributed by atoms with van der Waals surface area (Å²) < 4.78 is 78.2. The van der Waals surface area contributed by atoms with Gasteiger partial charge in [0.2, 0.25) is 11.7 Å². The number of nitrogens with one attached hydrogen (secondary N) is 1. The summed E-state index contributed by atoms with van der Waals surface area (Å²) in [6, 6.07) is 6.23. The van der Waals surface area contributed by atoms with Crippen LogP contribution in [0.4, 0.5) is 32.2 Å². The van der Waals surface area contributed by atoms with Crippen LogP contribution < -0.4 is 5.32 Å². The molecule has 0 bridgehead atoms. The Morgan fingerprint density at radius 1 is 1.11 bits per heavy atom. The lowest BCUT2D eigenvalue weighted by Gasteiger charge is -2.13. The number of aromatic nitrogens is 3. The Kier molecular flexibility index (Phi) is 4.96. The molecule has 3 aromatic rings. The fourth-order valence-corrected chi connectivity index (χ4v) is 2.67. The molecule has 0 aliphatic rings. The highest BCUT2D eigenvalue weighted by molar-refractivity contribution is 6.33. The third kappa shape index (κ3) is 4.03. The van der Waals surface area contributed by atoms with Crippen LogP contribution in [0.25, 0.3) is 11.0 Å². The van der Waals surface area contributed by atoms with Gasteiger partial charge in [-0.2, -0.15) is 26.3 Å². The second-order valence-electron chi connectivity index (χ2n) is 5.61. The van der Waals surface area contributed by atoms with E-state index in [1.807, 2.05) is 0 Å². The molecule has 5 nitrogen and oxygen atoms in total. The normalized spacial score (nSPS) is 12.4. The first-order valence-electron chi connectivity index (χ1n) is 7.52. The molecule has 3 rings (SSSR count). The number of para-hydroxylation sites is 2. The number of hydrogen-bond acceptors (Lipinski definition) is 3. The smallest absolute Gasteiger partial charge is 0.311 e. The monoisotopic (exact) mass is 422 g/mol. The van der Waals surface area contributed by atoms with E-state index in [-0.39, 0.29) is 11.0 Å². The van der Waals surface area contributed by atoms with Crippen molar-refractivity contribution in [3.8, 4) is 0 Å². The molecule has 0 atom stereocenters. The van der Waals surface area contributed by atoms with Crippen molar-refractivity contribution in [3.05, 3.63) is 52.9 Å². The highest BCUT2D eigenvalue weighted by Crippen LogP contribution is 2.33. The van der Waals surface area contributed by atoms with Crippen molar-refractivity contribution in [2.45, 2.75) is 18.9 Å². The number of imidazole rings is 1. The molecule has 0 saturated heterocycles. The molecule has 1 amide bonds. The maximum atomic E-state index is 13.2. The number of nitrogens with zero attached hydrogens (tertiary/aromatic N) is 3. The number of fused-ring (bicyclic) bond motifs is 1. The van der Waals surface area contributed by atoms with Crippen molar-refractivity contribution in [2.75, 3.05) is 5.32 Å². The maximum Gasteiger partial charge on any atom is 0.449 e. The third-order valence-electron chi connectivity index (χ3n) is 3.64. The van der Waals surface area contributed by atoms with Gasteiger partial charge in [0.15, 0.2) is 5.82 Å². The lowest BCUT2D eigenvalue weighted by Crippen LogP contribution is -2.24. The van der Waals surface area contributed by atoms with Gasteiger partial charge in [-0.3, -0.25) is 4.79 Å². The molecule has 148 valence electrons. The number of hydrogen-bond donors (Lipinski definition) is 1. The minimum Gasteiger partial charge on any atom is -0.311 e. The second-order valence-corrected chi connectivity index (χ2v) is 6.02. The number of rotatable bonds is 3. The number of benzene rings is 1. The van der Waals surface area contributed by atoms with Gasteiger partial charge in [0.25, 0.3) is 0 Å². The molecular formula is C16H9ClF6N4O. The molecule has 0 fully saturated rings. The predicted molar refractivity (Wildman–Crippen MR) is 87.6 cm³/mol. The molecule has 0 spiro atoms. The van der Waals surface area contributed by atoms with Gasteiger partial charge in [0.05, 0.1) is 21.6 Å². The zero-order valence-electron chi connectivity index (χ0n) is 13.6. The maximum absolute atomic E-state index is 13.2. The summed E-state index contributed by atoms with van der Waals surface area (Å²) in [6.45, 7) is -0.797. The fourth-order valence-electron chi connectivity index (χ4n) is 2.45. The van der Waals surface area contributed by atoms with E-state index in [4.69, 9.17) is 11.6 Å². The van der Waals surface area contributed by atoms with Crippen LogP contribution in [0.1, 0.15) is 11.4 Å². The van der Waals surface area contributed by atoms with E-state index >= 15 is 0 Å². The van der Waals surface area contributed by atoms with Crippen molar-refractivity contribution in [2.24, 2.45) is 0 Å². The van der Waals surface area contributed by atoms with Crippen LogP contribution in [0.5, 0.6) is 0 Å². The van der Waals surface area contributed by atoms with Gasteiger partial charge in [-0.1, -0.05) is 23.7 Å². The molecule has 2 aromatic heterocycles. The van der Waals surface area contributed by atoms with Crippen LogP contribution in [0, 0.1) is 0 Å². The van der Waals surface area contributed by atoms with Crippen LogP contribution in [0.2, 0.25) is 5.02 Å². The minimum absolute atomic E-state index is 0.0355. The van der Waals surface area contributed by atoms with Crippen molar-refractivity contribution < 1.29 is 31.1 Å². The van der Waals surface area contributed by atoms with Crippen LogP contribution in [-0.4, -0.2) is 20.4 Å². The number of amides is 1. The Morgan fingerprint density at radius 2 is 1.79 bits per heavy atom. The van der Waals surface area contributed by atoms with Gasteiger partial charge in [0, 0.05) is 6.20 Å². The number of carbonyl (C=O) groups excluding carboxylic acids is 1. The first kappa shape index (κ1) is 19.9. The molecule has 1 N–H and O–H groups in total. The summed E-state index contributed by atoms with van der Waals surface area (Å²) >= 11 is 5.68. The number of halogens is 7. The molecule has 0 aliphatic carbocycles. The van der Waals surface area contributed by atoms with Gasteiger partial charge < -0.3 is 9.88 Å². The molecule has 28 heavy (non-hydrogen) atoms. The van der Waals surface area contributed by atoms with Gasteiger partial charge in [-0.25, -0.2) is 9.97 Å². The van der Waals surface area contributed by atoms with Crippen molar-refractivity contribution >= 4 is 34.4 Å². The largest absolute Gasteiger partial charge is 0.449 e. The molecule has 12 heteroatoms. The summed E-state index contributed by atoms with van der Waals surface area (Å²) in [5.74, 6) is -2.66. The number of alkyl halides is 6. The molecule has 0 radical (unpaired) electrons. The molecule has 1 aromatic carbocycles. The Bertz CT molecular complexity index is 1040. The van der Waals surface area contributed by atoms with Gasteiger partial charge in [0.1, 0.15) is 6.54 Å². The van der Waals surface area contributed by atoms with E-state index < -0.39 is 47.0 Å². The van der Waals surface area contributed by atoms with Crippen LogP contribution >= 0.6 is 11.6 Å². The van der Waals surface area contributed by atoms with Crippen LogP contribution in [-0.2, 0) is 23.7 Å². The van der Waals surface area contributed by atoms with E-state index in [2.05, 4.69) is 15.3 Å². The number of anilines is 1. The summed E-state index contributed by atoms with van der Waals surface area (Å²) in [5.41, 5.74) is -1.03. The number of pyridine rings is 1. The highest BCUT2D eigenvalue weighted by Gasteiger charge is 2.38. The van der Waals surface area contributed by atoms with Crippen molar-refractivity contribution in [1.82, 2.24) is 14.5 Å².